The molecule has 0 heterocycles. The number of ether oxygens (including phenoxy) is 1. The molecule has 8 heteroatoms. The number of hydrogen-bond acceptors (Lipinski definition) is 5. The molecule has 0 fully saturated rings. The quantitative estimate of drug-likeness (QED) is 0.513. The van der Waals surface area contributed by atoms with E-state index in [-0.39, 0.29) is 23.5 Å². The fourth-order valence-electron chi connectivity index (χ4n) is 2.45. The Bertz CT molecular complexity index is 942. The fourth-order valence-corrected chi connectivity index (χ4v) is 3.97. The van der Waals surface area contributed by atoms with Crippen LogP contribution in [0.2, 0.25) is 0 Å². The summed E-state index contributed by atoms with van der Waals surface area (Å²) in [5.74, 6) is -1.26. The van der Waals surface area contributed by atoms with Crippen LogP contribution in [0.1, 0.15) is 17.3 Å². The van der Waals surface area contributed by atoms with Gasteiger partial charge >= 0.3 is 5.97 Å². The third-order valence-electron chi connectivity index (χ3n) is 3.77. The first-order chi connectivity index (χ1) is 13.4. The molecule has 7 nitrogen and oxygen atoms in total. The average Bonchev–Trinajstić information content (AvgIpc) is 2.71. The van der Waals surface area contributed by atoms with Crippen LogP contribution in [0, 0.1) is 0 Å². The summed E-state index contributed by atoms with van der Waals surface area (Å²) >= 11 is 0. The molecule has 148 valence electrons. The van der Waals surface area contributed by atoms with E-state index in [9.17, 15) is 18.0 Å². The SMILES string of the molecule is C=CCNC(=O)COC(=O)c1cccc(S(=O)(=O)N(CC)c2ccccc2)c1. The van der Waals surface area contributed by atoms with Gasteiger partial charge in [-0.1, -0.05) is 30.3 Å². The predicted molar refractivity (Wildman–Crippen MR) is 107 cm³/mol. The number of nitrogens with zero attached hydrogens (tertiary/aromatic N) is 1. The first kappa shape index (κ1) is 21.2. The summed E-state index contributed by atoms with van der Waals surface area (Å²) in [4.78, 5) is 23.7. The van der Waals surface area contributed by atoms with E-state index in [0.717, 1.165) is 0 Å². The number of benzene rings is 2. The van der Waals surface area contributed by atoms with Crippen molar-refractivity contribution in [3.8, 4) is 0 Å². The molecule has 0 atom stereocenters. The maximum atomic E-state index is 13.0. The second-order valence-electron chi connectivity index (χ2n) is 5.70. The Kier molecular flexibility index (Phi) is 7.34. The molecule has 0 unspecified atom stereocenters. The zero-order valence-electron chi connectivity index (χ0n) is 15.5. The third-order valence-corrected chi connectivity index (χ3v) is 5.67. The largest absolute Gasteiger partial charge is 0.452 e. The van der Waals surface area contributed by atoms with Gasteiger partial charge < -0.3 is 10.1 Å². The lowest BCUT2D eigenvalue weighted by Gasteiger charge is -2.23. The Morgan fingerprint density at radius 1 is 1.14 bits per heavy atom. The highest BCUT2D eigenvalue weighted by molar-refractivity contribution is 7.92. The molecule has 0 spiro atoms. The van der Waals surface area contributed by atoms with Crippen molar-refractivity contribution in [1.29, 1.82) is 0 Å². The van der Waals surface area contributed by atoms with E-state index in [4.69, 9.17) is 4.74 Å². The molecule has 0 saturated heterocycles. The van der Waals surface area contributed by atoms with E-state index in [0.29, 0.717) is 5.69 Å². The Morgan fingerprint density at radius 2 is 1.86 bits per heavy atom. The summed E-state index contributed by atoms with van der Waals surface area (Å²) in [5.41, 5.74) is 0.568. The van der Waals surface area contributed by atoms with Gasteiger partial charge in [0.05, 0.1) is 16.1 Å². The molecule has 0 bridgehead atoms. The maximum Gasteiger partial charge on any atom is 0.338 e. The van der Waals surface area contributed by atoms with Crippen LogP contribution in [0.4, 0.5) is 5.69 Å². The van der Waals surface area contributed by atoms with E-state index in [1.54, 1.807) is 37.3 Å². The number of carbonyl (C=O) groups excluding carboxylic acids is 2. The normalized spacial score (nSPS) is 10.8. The Balaban J connectivity index is 2.20. The molecule has 0 radical (unpaired) electrons. The van der Waals surface area contributed by atoms with Crippen LogP contribution in [0.15, 0.2) is 72.1 Å². The minimum absolute atomic E-state index is 0.0382. The summed E-state index contributed by atoms with van der Waals surface area (Å²) in [7, 11) is -3.87. The summed E-state index contributed by atoms with van der Waals surface area (Å²) < 4.78 is 32.2. The monoisotopic (exact) mass is 402 g/mol. The maximum absolute atomic E-state index is 13.0. The molecule has 0 saturated carbocycles. The number of amides is 1. The van der Waals surface area contributed by atoms with Crippen LogP contribution >= 0.6 is 0 Å². The molecular formula is C20H22N2O5S. The number of hydrogen-bond donors (Lipinski definition) is 1. The predicted octanol–water partition coefficient (Wildman–Crippen LogP) is 2.36. The smallest absolute Gasteiger partial charge is 0.338 e. The molecule has 0 aliphatic rings. The van der Waals surface area contributed by atoms with E-state index in [1.165, 1.54) is 34.6 Å². The summed E-state index contributed by atoms with van der Waals surface area (Å²) in [6.07, 6.45) is 1.50. The Hall–Kier alpha value is -3.13. The van der Waals surface area contributed by atoms with Crippen LogP contribution in [-0.4, -0.2) is 40.0 Å². The molecule has 0 aromatic heterocycles. The van der Waals surface area contributed by atoms with Crippen LogP contribution in [0.25, 0.3) is 0 Å². The molecule has 0 aliphatic carbocycles. The number of carbonyl (C=O) groups is 2. The standard InChI is InChI=1S/C20H22N2O5S/c1-3-13-21-19(23)15-27-20(24)16-9-8-12-18(14-16)28(25,26)22(4-2)17-10-6-5-7-11-17/h3,5-12,14H,1,4,13,15H2,2H3,(H,21,23). The highest BCUT2D eigenvalue weighted by atomic mass is 32.2. The van der Waals surface area contributed by atoms with Crippen LogP contribution in [0.3, 0.4) is 0 Å². The van der Waals surface area contributed by atoms with Crippen molar-refractivity contribution < 1.29 is 22.7 Å². The van der Waals surface area contributed by atoms with E-state index >= 15 is 0 Å². The van der Waals surface area contributed by atoms with Gasteiger partial charge in [-0.25, -0.2) is 13.2 Å². The number of nitrogens with one attached hydrogen (secondary N) is 1. The summed E-state index contributed by atoms with van der Waals surface area (Å²) in [6, 6.07) is 14.2. The Labute approximate surface area is 164 Å². The van der Waals surface area contributed by atoms with Gasteiger partial charge in [-0.15, -0.1) is 6.58 Å². The molecule has 0 aliphatic heterocycles. The number of esters is 1. The van der Waals surface area contributed by atoms with Gasteiger partial charge in [0.25, 0.3) is 15.9 Å². The first-order valence-electron chi connectivity index (χ1n) is 8.62. The number of rotatable bonds is 9. The highest BCUT2D eigenvalue weighted by Crippen LogP contribution is 2.24. The van der Waals surface area contributed by atoms with Gasteiger partial charge in [0.15, 0.2) is 6.61 Å². The van der Waals surface area contributed by atoms with Gasteiger partial charge in [0.2, 0.25) is 0 Å². The lowest BCUT2D eigenvalue weighted by Crippen LogP contribution is -2.31. The van der Waals surface area contributed by atoms with Gasteiger partial charge in [-0.3, -0.25) is 9.10 Å². The summed E-state index contributed by atoms with van der Waals surface area (Å²) in [5, 5.41) is 2.48. The van der Waals surface area contributed by atoms with Gasteiger partial charge in [-0.2, -0.15) is 0 Å². The number of para-hydroxylation sites is 1. The minimum Gasteiger partial charge on any atom is -0.452 e. The lowest BCUT2D eigenvalue weighted by atomic mass is 10.2. The van der Waals surface area contributed by atoms with Gasteiger partial charge in [0, 0.05) is 13.1 Å². The number of sulfonamides is 1. The third kappa shape index (κ3) is 5.20. The van der Waals surface area contributed by atoms with E-state index in [2.05, 4.69) is 11.9 Å². The zero-order chi connectivity index (χ0) is 20.6. The van der Waals surface area contributed by atoms with Crippen molar-refractivity contribution in [2.24, 2.45) is 0 Å². The zero-order valence-corrected chi connectivity index (χ0v) is 16.3. The van der Waals surface area contributed by atoms with Gasteiger partial charge in [0.1, 0.15) is 0 Å². The molecular weight excluding hydrogens is 380 g/mol. The highest BCUT2D eigenvalue weighted by Gasteiger charge is 2.24. The topological polar surface area (TPSA) is 92.8 Å². The lowest BCUT2D eigenvalue weighted by molar-refractivity contribution is -0.124. The van der Waals surface area contributed by atoms with Crippen molar-refractivity contribution >= 4 is 27.6 Å². The van der Waals surface area contributed by atoms with Crippen LogP contribution in [-0.2, 0) is 19.6 Å². The second-order valence-corrected chi connectivity index (χ2v) is 7.56. The Morgan fingerprint density at radius 3 is 2.50 bits per heavy atom. The molecule has 28 heavy (non-hydrogen) atoms. The van der Waals surface area contributed by atoms with E-state index < -0.39 is 28.5 Å². The second kappa shape index (κ2) is 9.70. The molecule has 2 aromatic rings. The molecule has 2 rings (SSSR count). The molecule has 2 aromatic carbocycles. The summed E-state index contributed by atoms with van der Waals surface area (Å²) in [6.45, 7) is 5.22. The number of anilines is 1. The van der Waals surface area contributed by atoms with Crippen molar-refractivity contribution in [3.05, 3.63) is 72.8 Å². The van der Waals surface area contributed by atoms with E-state index in [1.807, 2.05) is 0 Å². The van der Waals surface area contributed by atoms with Crippen molar-refractivity contribution in [1.82, 2.24) is 5.32 Å². The van der Waals surface area contributed by atoms with Crippen LogP contribution in [0.5, 0.6) is 0 Å². The minimum atomic E-state index is -3.87. The van der Waals surface area contributed by atoms with Crippen molar-refractivity contribution in [2.45, 2.75) is 11.8 Å². The van der Waals surface area contributed by atoms with Crippen LogP contribution < -0.4 is 9.62 Å². The molecule has 1 N–H and O–H groups in total. The first-order valence-corrected chi connectivity index (χ1v) is 10.1. The van der Waals surface area contributed by atoms with Gasteiger partial charge in [-0.05, 0) is 37.3 Å². The molecule has 1 amide bonds. The van der Waals surface area contributed by atoms with Crippen molar-refractivity contribution in [2.75, 3.05) is 24.0 Å². The van der Waals surface area contributed by atoms with Crippen molar-refractivity contribution in [3.63, 3.8) is 0 Å². The fraction of sp³-hybridized carbons (Fsp3) is 0.200. The average molecular weight is 402 g/mol.